The molecule has 0 aliphatic heterocycles. The van der Waals surface area contributed by atoms with E-state index in [0.29, 0.717) is 5.56 Å². The molecule has 0 aliphatic rings. The molecule has 1 amide bonds. The van der Waals surface area contributed by atoms with Gasteiger partial charge in [0.25, 0.3) is 5.91 Å². The third kappa shape index (κ3) is 4.59. The lowest BCUT2D eigenvalue weighted by atomic mass is 10.1. The number of carbonyl (C=O) groups excluding carboxylic acids is 1. The Hall–Kier alpha value is -3.10. The summed E-state index contributed by atoms with van der Waals surface area (Å²) in [5.41, 5.74) is 2.86. The van der Waals surface area contributed by atoms with Crippen molar-refractivity contribution in [2.45, 2.75) is 4.90 Å². The van der Waals surface area contributed by atoms with Gasteiger partial charge in [-0.1, -0.05) is 42.5 Å². The van der Waals surface area contributed by atoms with Crippen molar-refractivity contribution in [3.63, 3.8) is 0 Å². The minimum atomic E-state index is -3.83. The summed E-state index contributed by atoms with van der Waals surface area (Å²) in [7, 11) is -2.50. The molecule has 6 nitrogen and oxygen atoms in total. The normalized spacial score (nSPS) is 12.0. The first-order valence-corrected chi connectivity index (χ1v) is 9.83. The Morgan fingerprint density at radius 1 is 1.07 bits per heavy atom. The predicted octanol–water partition coefficient (Wildman–Crippen LogP) is 2.75. The molecule has 144 valence electrons. The summed E-state index contributed by atoms with van der Waals surface area (Å²) in [6.45, 7) is -0.393. The molecule has 3 aromatic carbocycles. The zero-order valence-electron chi connectivity index (χ0n) is 15.0. The molecule has 0 saturated carbocycles. The van der Waals surface area contributed by atoms with Crippen molar-refractivity contribution in [3.05, 3.63) is 78.1 Å². The maximum Gasteiger partial charge on any atom is 0.255 e. The number of hydrogen-bond acceptors (Lipinski definition) is 4. The first kappa shape index (κ1) is 19.7. The zero-order valence-corrected chi connectivity index (χ0v) is 15.9. The number of fused-ring (bicyclic) bond motifs is 1. The molecule has 0 fully saturated rings. The Morgan fingerprint density at radius 3 is 2.46 bits per heavy atom. The summed E-state index contributed by atoms with van der Waals surface area (Å²) in [4.78, 5) is 12.1. The summed E-state index contributed by atoms with van der Waals surface area (Å²) in [5.74, 6) is -0.966. The maximum atomic E-state index is 12.8. The highest BCUT2D eigenvalue weighted by atomic mass is 32.2. The Morgan fingerprint density at radius 2 is 1.75 bits per heavy atom. The molecular formula is C20H18FN3O3S. The number of nitrogens with one attached hydrogen (secondary N) is 1. The fraction of sp³-hybridized carbons (Fsp3) is 0.100. The lowest BCUT2D eigenvalue weighted by Crippen LogP contribution is -2.36. The van der Waals surface area contributed by atoms with Crippen LogP contribution in [0.15, 0.2) is 76.7 Å². The van der Waals surface area contributed by atoms with Gasteiger partial charge in [-0.05, 0) is 40.6 Å². The molecule has 0 radical (unpaired) electrons. The summed E-state index contributed by atoms with van der Waals surface area (Å²) in [6.07, 6.45) is 1.34. The van der Waals surface area contributed by atoms with Crippen LogP contribution in [-0.4, -0.2) is 38.4 Å². The van der Waals surface area contributed by atoms with Crippen LogP contribution in [0.3, 0.4) is 0 Å². The van der Waals surface area contributed by atoms with E-state index in [1.54, 1.807) is 12.1 Å². The summed E-state index contributed by atoms with van der Waals surface area (Å²) < 4.78 is 39.2. The van der Waals surface area contributed by atoms with Crippen LogP contribution in [0.1, 0.15) is 5.56 Å². The third-order valence-corrected chi connectivity index (χ3v) is 5.87. The summed E-state index contributed by atoms with van der Waals surface area (Å²) >= 11 is 0. The SMILES string of the molecule is CN(CC(=O)NN=Cc1ccc(F)cc1)S(=O)(=O)c1ccc2ccccc2c1. The number of rotatable bonds is 6. The van der Waals surface area contributed by atoms with Crippen LogP contribution in [0.25, 0.3) is 10.8 Å². The fourth-order valence-corrected chi connectivity index (χ4v) is 3.72. The van der Waals surface area contributed by atoms with E-state index in [1.165, 1.54) is 43.6 Å². The van der Waals surface area contributed by atoms with Crippen LogP contribution in [0, 0.1) is 5.82 Å². The average molecular weight is 399 g/mol. The number of sulfonamides is 1. The Kier molecular flexibility index (Phi) is 5.81. The van der Waals surface area contributed by atoms with E-state index in [4.69, 9.17) is 0 Å². The van der Waals surface area contributed by atoms with E-state index in [0.717, 1.165) is 15.1 Å². The number of nitrogens with zero attached hydrogens (tertiary/aromatic N) is 2. The topological polar surface area (TPSA) is 78.8 Å². The van der Waals surface area contributed by atoms with Crippen LogP contribution in [0.2, 0.25) is 0 Å². The van der Waals surface area contributed by atoms with Crippen molar-refractivity contribution >= 4 is 32.9 Å². The van der Waals surface area contributed by atoms with E-state index in [-0.39, 0.29) is 10.7 Å². The predicted molar refractivity (Wildman–Crippen MR) is 106 cm³/mol. The molecule has 3 aromatic rings. The van der Waals surface area contributed by atoms with Crippen molar-refractivity contribution in [3.8, 4) is 0 Å². The van der Waals surface area contributed by atoms with Crippen molar-refractivity contribution in [1.82, 2.24) is 9.73 Å². The van der Waals surface area contributed by atoms with E-state index in [2.05, 4.69) is 10.5 Å². The van der Waals surface area contributed by atoms with Gasteiger partial charge in [-0.25, -0.2) is 18.2 Å². The molecule has 0 aromatic heterocycles. The van der Waals surface area contributed by atoms with Gasteiger partial charge in [0.15, 0.2) is 0 Å². The Balaban J connectivity index is 1.65. The van der Waals surface area contributed by atoms with Gasteiger partial charge < -0.3 is 0 Å². The smallest absolute Gasteiger partial charge is 0.255 e. The van der Waals surface area contributed by atoms with Crippen LogP contribution in [-0.2, 0) is 14.8 Å². The molecule has 1 N–H and O–H groups in total. The van der Waals surface area contributed by atoms with E-state index in [9.17, 15) is 17.6 Å². The second kappa shape index (κ2) is 8.28. The van der Waals surface area contributed by atoms with Gasteiger partial charge in [-0.3, -0.25) is 4.79 Å². The van der Waals surface area contributed by atoms with Gasteiger partial charge in [0.05, 0.1) is 17.7 Å². The highest BCUT2D eigenvalue weighted by Gasteiger charge is 2.23. The molecule has 0 saturated heterocycles. The van der Waals surface area contributed by atoms with Crippen LogP contribution < -0.4 is 5.43 Å². The molecule has 0 heterocycles. The second-order valence-corrected chi connectivity index (χ2v) is 8.16. The number of halogens is 1. The lowest BCUT2D eigenvalue weighted by Gasteiger charge is -2.16. The van der Waals surface area contributed by atoms with E-state index in [1.807, 2.05) is 24.3 Å². The minimum Gasteiger partial charge on any atom is -0.272 e. The lowest BCUT2D eigenvalue weighted by molar-refractivity contribution is -0.121. The maximum absolute atomic E-state index is 12.8. The van der Waals surface area contributed by atoms with Crippen LogP contribution in [0.5, 0.6) is 0 Å². The van der Waals surface area contributed by atoms with E-state index < -0.39 is 22.5 Å². The third-order valence-electron chi connectivity index (χ3n) is 4.07. The Bertz CT molecular complexity index is 1130. The molecular weight excluding hydrogens is 381 g/mol. The van der Waals surface area contributed by atoms with Crippen molar-refractivity contribution in [2.75, 3.05) is 13.6 Å². The first-order valence-electron chi connectivity index (χ1n) is 8.39. The standard InChI is InChI=1S/C20H18FN3O3S/c1-24(14-20(25)23-22-13-15-6-9-18(21)10-7-15)28(26,27)19-11-8-16-4-2-3-5-17(16)12-19/h2-13H,14H2,1H3,(H,23,25). The average Bonchev–Trinajstić information content (AvgIpc) is 2.69. The van der Waals surface area contributed by atoms with Gasteiger partial charge >= 0.3 is 0 Å². The zero-order chi connectivity index (χ0) is 20.1. The van der Waals surface area contributed by atoms with Crippen molar-refractivity contribution in [1.29, 1.82) is 0 Å². The van der Waals surface area contributed by atoms with Crippen molar-refractivity contribution < 1.29 is 17.6 Å². The molecule has 0 atom stereocenters. The van der Waals surface area contributed by atoms with E-state index >= 15 is 0 Å². The molecule has 0 bridgehead atoms. The highest BCUT2D eigenvalue weighted by molar-refractivity contribution is 7.89. The molecule has 28 heavy (non-hydrogen) atoms. The first-order chi connectivity index (χ1) is 13.4. The molecule has 8 heteroatoms. The minimum absolute atomic E-state index is 0.108. The largest absolute Gasteiger partial charge is 0.272 e. The van der Waals surface area contributed by atoms with Gasteiger partial charge in [-0.2, -0.15) is 9.41 Å². The van der Waals surface area contributed by atoms with Gasteiger partial charge in [0.1, 0.15) is 5.82 Å². The number of carbonyl (C=O) groups is 1. The highest BCUT2D eigenvalue weighted by Crippen LogP contribution is 2.21. The van der Waals surface area contributed by atoms with Crippen molar-refractivity contribution in [2.24, 2.45) is 5.10 Å². The number of benzene rings is 3. The van der Waals surface area contributed by atoms with Crippen LogP contribution >= 0.6 is 0 Å². The van der Waals surface area contributed by atoms with Gasteiger partial charge in [-0.15, -0.1) is 0 Å². The van der Waals surface area contributed by atoms with Gasteiger partial charge in [0, 0.05) is 7.05 Å². The van der Waals surface area contributed by atoms with Gasteiger partial charge in [0.2, 0.25) is 10.0 Å². The second-order valence-electron chi connectivity index (χ2n) is 6.11. The quantitative estimate of drug-likeness (QED) is 0.511. The number of likely N-dealkylation sites (N-methyl/N-ethyl adjacent to an activating group) is 1. The van der Waals surface area contributed by atoms with Crippen LogP contribution in [0.4, 0.5) is 4.39 Å². The fourth-order valence-electron chi connectivity index (χ4n) is 2.56. The number of hydrazone groups is 1. The summed E-state index contributed by atoms with van der Waals surface area (Å²) in [6, 6.07) is 17.8. The summed E-state index contributed by atoms with van der Waals surface area (Å²) in [5, 5.41) is 5.48. The molecule has 0 unspecified atom stereocenters. The number of amides is 1. The molecule has 0 aliphatic carbocycles. The number of hydrogen-bond donors (Lipinski definition) is 1. The molecule has 0 spiro atoms. The Labute approximate surface area is 162 Å². The molecule has 3 rings (SSSR count). The monoisotopic (exact) mass is 399 g/mol.